The summed E-state index contributed by atoms with van der Waals surface area (Å²) in [5, 5.41) is 6.73. The highest BCUT2D eigenvalue weighted by Crippen LogP contribution is 2.22. The molecule has 3 aromatic rings. The molecule has 3 rings (SSSR count). The average molecular weight is 486 g/mol. The van der Waals surface area contributed by atoms with Crippen molar-refractivity contribution in [3.63, 3.8) is 0 Å². The van der Waals surface area contributed by atoms with Crippen LogP contribution in [-0.2, 0) is 9.59 Å². The fourth-order valence-corrected chi connectivity index (χ4v) is 3.09. The van der Waals surface area contributed by atoms with Crippen molar-refractivity contribution in [2.45, 2.75) is 0 Å². The standard InChI is InChI=1S/C23H17Cl2N3O5/c1-32-20-4-2-3-15(9-20)23(31)33-19-7-5-14(6-8-19)13-26-28-22(30)21(29)27-18-11-16(24)10-17(25)12-18/h2-13H,1H3,(H,27,29)(H,28,30). The van der Waals surface area contributed by atoms with Gasteiger partial charge in [0.2, 0.25) is 0 Å². The van der Waals surface area contributed by atoms with E-state index >= 15 is 0 Å². The van der Waals surface area contributed by atoms with Crippen molar-refractivity contribution in [2.75, 3.05) is 12.4 Å². The van der Waals surface area contributed by atoms with E-state index in [1.165, 1.54) is 31.5 Å². The molecule has 0 heterocycles. The number of nitrogens with one attached hydrogen (secondary N) is 2. The molecule has 2 N–H and O–H groups in total. The molecule has 0 unspecified atom stereocenters. The van der Waals surface area contributed by atoms with Crippen molar-refractivity contribution in [3.05, 3.63) is 87.9 Å². The van der Waals surface area contributed by atoms with Crippen molar-refractivity contribution in [1.29, 1.82) is 0 Å². The molecule has 0 aliphatic rings. The number of amides is 2. The van der Waals surface area contributed by atoms with Crippen LogP contribution in [0.25, 0.3) is 0 Å². The third kappa shape index (κ3) is 7.06. The predicted molar refractivity (Wildman–Crippen MR) is 125 cm³/mol. The quantitative estimate of drug-likeness (QED) is 0.178. The number of nitrogens with zero attached hydrogens (tertiary/aromatic N) is 1. The Kier molecular flexibility index (Phi) is 8.01. The second-order valence-corrected chi connectivity index (χ2v) is 7.37. The summed E-state index contributed by atoms with van der Waals surface area (Å²) >= 11 is 11.7. The van der Waals surface area contributed by atoms with E-state index in [9.17, 15) is 14.4 Å². The first-order valence-corrected chi connectivity index (χ1v) is 10.2. The molecule has 0 saturated carbocycles. The minimum absolute atomic E-state index is 0.274. The van der Waals surface area contributed by atoms with E-state index in [2.05, 4.69) is 15.8 Å². The molecule has 2 amide bonds. The van der Waals surface area contributed by atoms with Crippen LogP contribution in [0.1, 0.15) is 15.9 Å². The lowest BCUT2D eigenvalue weighted by Gasteiger charge is -2.06. The number of hydrazone groups is 1. The number of rotatable bonds is 6. The summed E-state index contributed by atoms with van der Waals surface area (Å²) in [7, 11) is 1.51. The lowest BCUT2D eigenvalue weighted by Crippen LogP contribution is -2.32. The molecular weight excluding hydrogens is 469 g/mol. The lowest BCUT2D eigenvalue weighted by molar-refractivity contribution is -0.136. The Morgan fingerprint density at radius 1 is 0.879 bits per heavy atom. The molecule has 33 heavy (non-hydrogen) atoms. The predicted octanol–water partition coefficient (Wildman–Crippen LogP) is 4.31. The highest BCUT2D eigenvalue weighted by molar-refractivity contribution is 6.40. The van der Waals surface area contributed by atoms with Crippen LogP contribution in [0.2, 0.25) is 10.0 Å². The molecule has 0 saturated heterocycles. The molecule has 0 bridgehead atoms. The van der Waals surface area contributed by atoms with Gasteiger partial charge in [-0.1, -0.05) is 29.3 Å². The summed E-state index contributed by atoms with van der Waals surface area (Å²) in [5.74, 6) is -1.59. The first kappa shape index (κ1) is 23.8. The Bertz CT molecular complexity index is 1190. The Morgan fingerprint density at radius 3 is 2.24 bits per heavy atom. The maximum Gasteiger partial charge on any atom is 0.343 e. The maximum atomic E-state index is 12.2. The summed E-state index contributed by atoms with van der Waals surface area (Å²) in [4.78, 5) is 36.1. The molecule has 8 nitrogen and oxygen atoms in total. The fourth-order valence-electron chi connectivity index (χ4n) is 2.57. The van der Waals surface area contributed by atoms with Crippen LogP contribution in [-0.4, -0.2) is 31.1 Å². The van der Waals surface area contributed by atoms with Crippen LogP contribution < -0.4 is 20.2 Å². The van der Waals surface area contributed by atoms with Crippen molar-refractivity contribution >= 4 is 52.9 Å². The molecule has 0 aliphatic carbocycles. The van der Waals surface area contributed by atoms with Crippen LogP contribution in [0, 0.1) is 0 Å². The second-order valence-electron chi connectivity index (χ2n) is 6.50. The van der Waals surface area contributed by atoms with E-state index in [4.69, 9.17) is 32.7 Å². The zero-order valence-electron chi connectivity index (χ0n) is 17.2. The van der Waals surface area contributed by atoms with Crippen LogP contribution in [0.4, 0.5) is 5.69 Å². The van der Waals surface area contributed by atoms with E-state index in [0.29, 0.717) is 32.7 Å². The van der Waals surface area contributed by atoms with Crippen LogP contribution in [0.3, 0.4) is 0 Å². The van der Waals surface area contributed by atoms with E-state index in [1.807, 2.05) is 0 Å². The summed E-state index contributed by atoms with van der Waals surface area (Å²) in [6, 6.07) is 17.4. The van der Waals surface area contributed by atoms with Gasteiger partial charge in [0.05, 0.1) is 18.9 Å². The van der Waals surface area contributed by atoms with Gasteiger partial charge >= 0.3 is 17.8 Å². The Balaban J connectivity index is 1.52. The monoisotopic (exact) mass is 485 g/mol. The van der Waals surface area contributed by atoms with Gasteiger partial charge in [-0.3, -0.25) is 9.59 Å². The first-order valence-electron chi connectivity index (χ1n) is 9.41. The minimum atomic E-state index is -0.980. The average Bonchev–Trinajstić information content (AvgIpc) is 2.79. The minimum Gasteiger partial charge on any atom is -0.497 e. The maximum absolute atomic E-state index is 12.2. The van der Waals surface area contributed by atoms with Crippen molar-refractivity contribution in [2.24, 2.45) is 5.10 Å². The van der Waals surface area contributed by atoms with Gasteiger partial charge in [-0.15, -0.1) is 0 Å². The van der Waals surface area contributed by atoms with Gasteiger partial charge in [-0.05, 0) is 66.2 Å². The Morgan fingerprint density at radius 2 is 1.58 bits per heavy atom. The molecular formula is C23H17Cl2N3O5. The topological polar surface area (TPSA) is 106 Å². The molecule has 0 atom stereocenters. The number of esters is 1. The van der Waals surface area contributed by atoms with Gasteiger partial charge in [0.25, 0.3) is 0 Å². The number of methoxy groups -OCH3 is 1. The number of anilines is 1. The van der Waals surface area contributed by atoms with Gasteiger partial charge in [-0.2, -0.15) is 5.10 Å². The zero-order valence-corrected chi connectivity index (χ0v) is 18.7. The third-order valence-corrected chi connectivity index (χ3v) is 4.54. The summed E-state index contributed by atoms with van der Waals surface area (Å²) < 4.78 is 10.4. The Labute approximate surface area is 199 Å². The highest BCUT2D eigenvalue weighted by Gasteiger charge is 2.13. The molecule has 3 aromatic carbocycles. The third-order valence-electron chi connectivity index (χ3n) is 4.10. The molecule has 0 radical (unpaired) electrons. The fraction of sp³-hybridized carbons (Fsp3) is 0.0435. The molecule has 0 fully saturated rings. The SMILES string of the molecule is COc1cccc(C(=O)Oc2ccc(C=NNC(=O)C(=O)Nc3cc(Cl)cc(Cl)c3)cc2)c1. The second kappa shape index (κ2) is 11.1. The number of hydrogen-bond acceptors (Lipinski definition) is 6. The van der Waals surface area contributed by atoms with Gasteiger partial charge < -0.3 is 14.8 Å². The normalized spacial score (nSPS) is 10.5. The van der Waals surface area contributed by atoms with Gasteiger partial charge in [0, 0.05) is 15.7 Å². The van der Waals surface area contributed by atoms with Crippen molar-refractivity contribution in [3.8, 4) is 11.5 Å². The van der Waals surface area contributed by atoms with Crippen molar-refractivity contribution < 1.29 is 23.9 Å². The summed E-state index contributed by atoms with van der Waals surface area (Å²) in [6.45, 7) is 0. The molecule has 0 aliphatic heterocycles. The number of benzene rings is 3. The number of halogens is 2. The number of carbonyl (C=O) groups is 3. The van der Waals surface area contributed by atoms with Crippen LogP contribution >= 0.6 is 23.2 Å². The molecule has 0 aromatic heterocycles. The summed E-state index contributed by atoms with van der Waals surface area (Å²) in [6.07, 6.45) is 1.33. The van der Waals surface area contributed by atoms with Gasteiger partial charge in [0.15, 0.2) is 0 Å². The number of carbonyl (C=O) groups excluding carboxylic acids is 3. The van der Waals surface area contributed by atoms with E-state index in [-0.39, 0.29) is 5.69 Å². The van der Waals surface area contributed by atoms with E-state index < -0.39 is 17.8 Å². The largest absolute Gasteiger partial charge is 0.497 e. The first-order chi connectivity index (χ1) is 15.8. The van der Waals surface area contributed by atoms with E-state index in [1.54, 1.807) is 48.5 Å². The van der Waals surface area contributed by atoms with E-state index in [0.717, 1.165) is 0 Å². The van der Waals surface area contributed by atoms with Crippen LogP contribution in [0.15, 0.2) is 71.8 Å². The van der Waals surface area contributed by atoms with Crippen LogP contribution in [0.5, 0.6) is 11.5 Å². The van der Waals surface area contributed by atoms with Crippen molar-refractivity contribution in [1.82, 2.24) is 5.43 Å². The summed E-state index contributed by atoms with van der Waals surface area (Å²) in [5.41, 5.74) is 3.33. The zero-order chi connectivity index (χ0) is 23.8. The smallest absolute Gasteiger partial charge is 0.343 e. The highest BCUT2D eigenvalue weighted by atomic mass is 35.5. The lowest BCUT2D eigenvalue weighted by atomic mass is 10.2. The Hall–Kier alpha value is -3.88. The number of hydrogen-bond donors (Lipinski definition) is 2. The molecule has 0 spiro atoms. The number of ether oxygens (including phenoxy) is 2. The molecule has 10 heteroatoms. The van der Waals surface area contributed by atoms with Gasteiger partial charge in [0.1, 0.15) is 11.5 Å². The molecule has 168 valence electrons. The van der Waals surface area contributed by atoms with Gasteiger partial charge in [-0.25, -0.2) is 10.2 Å².